The number of rotatable bonds is 3. The molecule has 0 bridgehead atoms. The van der Waals surface area contributed by atoms with Crippen LogP contribution in [0, 0.1) is 0 Å². The molecule has 0 N–H and O–H groups in total. The zero-order chi connectivity index (χ0) is 13.1. The van der Waals surface area contributed by atoms with E-state index in [1.807, 2.05) is 43.3 Å². The lowest BCUT2D eigenvalue weighted by Crippen LogP contribution is -2.10. The van der Waals surface area contributed by atoms with Crippen molar-refractivity contribution in [3.8, 4) is 5.75 Å². The number of hydrogen-bond acceptors (Lipinski definition) is 2. The molecule has 0 amide bonds. The zero-order valence-corrected chi connectivity index (χ0v) is 10.7. The molecule has 0 atom stereocenters. The van der Waals surface area contributed by atoms with E-state index in [1.54, 1.807) is 6.92 Å². The summed E-state index contributed by atoms with van der Waals surface area (Å²) in [5, 5.41) is 2.03. The van der Waals surface area contributed by atoms with Gasteiger partial charge in [-0.25, -0.2) is 4.79 Å². The minimum Gasteiger partial charge on any atom is -0.422 e. The van der Waals surface area contributed by atoms with E-state index in [9.17, 15) is 4.79 Å². The first kappa shape index (κ1) is 12.4. The van der Waals surface area contributed by atoms with Gasteiger partial charge in [0.15, 0.2) is 0 Å². The SMILES string of the molecule is C=C(C)C(=O)Oc1c(CC)ccc2ccccc12. The predicted octanol–water partition coefficient (Wildman–Crippen LogP) is 3.88. The summed E-state index contributed by atoms with van der Waals surface area (Å²) in [7, 11) is 0. The van der Waals surface area contributed by atoms with Crippen LogP contribution in [0.15, 0.2) is 48.6 Å². The molecule has 0 aromatic heterocycles. The number of hydrogen-bond donors (Lipinski definition) is 0. The van der Waals surface area contributed by atoms with Gasteiger partial charge < -0.3 is 4.74 Å². The summed E-state index contributed by atoms with van der Waals surface area (Å²) in [6, 6.07) is 11.9. The Kier molecular flexibility index (Phi) is 3.47. The van der Waals surface area contributed by atoms with Crippen LogP contribution >= 0.6 is 0 Å². The van der Waals surface area contributed by atoms with Crippen LogP contribution in [0.25, 0.3) is 10.8 Å². The molecule has 0 fully saturated rings. The molecule has 2 aromatic rings. The second kappa shape index (κ2) is 5.05. The van der Waals surface area contributed by atoms with Gasteiger partial charge in [0.2, 0.25) is 0 Å². The molecule has 2 aromatic carbocycles. The minimum atomic E-state index is -0.374. The smallest absolute Gasteiger partial charge is 0.338 e. The molecule has 2 nitrogen and oxygen atoms in total. The maximum atomic E-state index is 11.7. The molecule has 2 heteroatoms. The maximum absolute atomic E-state index is 11.7. The average molecular weight is 240 g/mol. The largest absolute Gasteiger partial charge is 0.422 e. The fourth-order valence-corrected chi connectivity index (χ4v) is 1.87. The number of benzene rings is 2. The number of carbonyl (C=O) groups excluding carboxylic acids is 1. The van der Waals surface area contributed by atoms with Crippen molar-refractivity contribution >= 4 is 16.7 Å². The molecule has 2 rings (SSSR count). The van der Waals surface area contributed by atoms with Crippen LogP contribution in [0.2, 0.25) is 0 Å². The van der Waals surface area contributed by atoms with Crippen LogP contribution in [0.5, 0.6) is 5.75 Å². The molecule has 0 aliphatic rings. The van der Waals surface area contributed by atoms with Crippen molar-refractivity contribution in [3.63, 3.8) is 0 Å². The van der Waals surface area contributed by atoms with E-state index in [4.69, 9.17) is 4.74 Å². The lowest BCUT2D eigenvalue weighted by Gasteiger charge is -2.12. The van der Waals surface area contributed by atoms with Crippen LogP contribution in [-0.4, -0.2) is 5.97 Å². The van der Waals surface area contributed by atoms with Crippen molar-refractivity contribution < 1.29 is 9.53 Å². The average Bonchev–Trinajstić information content (AvgIpc) is 2.39. The Morgan fingerprint density at radius 1 is 1.22 bits per heavy atom. The summed E-state index contributed by atoms with van der Waals surface area (Å²) in [4.78, 5) is 11.7. The van der Waals surface area contributed by atoms with Gasteiger partial charge in [-0.15, -0.1) is 0 Å². The highest BCUT2D eigenvalue weighted by Crippen LogP contribution is 2.30. The Morgan fingerprint density at radius 2 is 1.94 bits per heavy atom. The quantitative estimate of drug-likeness (QED) is 0.462. The lowest BCUT2D eigenvalue weighted by molar-refractivity contribution is -0.130. The molecular weight excluding hydrogens is 224 g/mol. The van der Waals surface area contributed by atoms with Gasteiger partial charge >= 0.3 is 5.97 Å². The molecule has 18 heavy (non-hydrogen) atoms. The van der Waals surface area contributed by atoms with E-state index >= 15 is 0 Å². The molecule has 0 heterocycles. The third-order valence-electron chi connectivity index (χ3n) is 2.89. The third kappa shape index (κ3) is 2.28. The van der Waals surface area contributed by atoms with Crippen LogP contribution in [0.1, 0.15) is 19.4 Å². The second-order valence-corrected chi connectivity index (χ2v) is 4.30. The van der Waals surface area contributed by atoms with Gasteiger partial charge in [-0.05, 0) is 24.3 Å². The number of fused-ring (bicyclic) bond motifs is 1. The first-order valence-corrected chi connectivity index (χ1v) is 6.01. The van der Waals surface area contributed by atoms with Crippen LogP contribution < -0.4 is 4.74 Å². The van der Waals surface area contributed by atoms with Crippen molar-refractivity contribution in [2.24, 2.45) is 0 Å². The van der Waals surface area contributed by atoms with Gasteiger partial charge in [0.25, 0.3) is 0 Å². The van der Waals surface area contributed by atoms with Crippen LogP contribution in [-0.2, 0) is 11.2 Å². The number of esters is 1. The Bertz CT molecular complexity index is 612. The van der Waals surface area contributed by atoms with Crippen molar-refractivity contribution in [2.75, 3.05) is 0 Å². The highest BCUT2D eigenvalue weighted by atomic mass is 16.5. The van der Waals surface area contributed by atoms with E-state index in [0.717, 1.165) is 22.8 Å². The molecular formula is C16H16O2. The van der Waals surface area contributed by atoms with Crippen molar-refractivity contribution in [3.05, 3.63) is 54.1 Å². The van der Waals surface area contributed by atoms with Gasteiger partial charge in [-0.3, -0.25) is 0 Å². The molecule has 0 aliphatic heterocycles. The Labute approximate surface area is 107 Å². The number of carbonyl (C=O) groups is 1. The first-order valence-electron chi connectivity index (χ1n) is 6.01. The second-order valence-electron chi connectivity index (χ2n) is 4.30. The van der Waals surface area contributed by atoms with Gasteiger partial charge in [0.1, 0.15) is 5.75 Å². The summed E-state index contributed by atoms with van der Waals surface area (Å²) >= 11 is 0. The minimum absolute atomic E-state index is 0.374. The monoisotopic (exact) mass is 240 g/mol. The standard InChI is InChI=1S/C16H16O2/c1-4-12-9-10-13-7-5-6-8-14(13)15(12)18-16(17)11(2)3/h5-10H,2,4H2,1,3H3. The summed E-state index contributed by atoms with van der Waals surface area (Å²) in [6.07, 6.45) is 0.823. The maximum Gasteiger partial charge on any atom is 0.338 e. The fraction of sp³-hybridized carbons (Fsp3) is 0.188. The Balaban J connectivity index is 2.57. The molecule has 0 saturated carbocycles. The van der Waals surface area contributed by atoms with E-state index in [0.29, 0.717) is 11.3 Å². The Morgan fingerprint density at radius 3 is 2.61 bits per heavy atom. The van der Waals surface area contributed by atoms with Gasteiger partial charge in [0, 0.05) is 11.0 Å². The molecule has 0 saturated heterocycles. The van der Waals surface area contributed by atoms with Crippen LogP contribution in [0.3, 0.4) is 0 Å². The van der Waals surface area contributed by atoms with E-state index in [1.165, 1.54) is 0 Å². The summed E-state index contributed by atoms with van der Waals surface area (Å²) < 4.78 is 5.47. The topological polar surface area (TPSA) is 26.3 Å². The molecule has 0 radical (unpaired) electrons. The summed E-state index contributed by atoms with van der Waals surface area (Å²) in [6.45, 7) is 7.31. The first-order chi connectivity index (χ1) is 8.63. The third-order valence-corrected chi connectivity index (χ3v) is 2.89. The van der Waals surface area contributed by atoms with Gasteiger partial charge in [-0.1, -0.05) is 49.9 Å². The van der Waals surface area contributed by atoms with Gasteiger partial charge in [-0.2, -0.15) is 0 Å². The lowest BCUT2D eigenvalue weighted by atomic mass is 10.0. The Hall–Kier alpha value is -2.09. The van der Waals surface area contributed by atoms with E-state index in [-0.39, 0.29) is 5.97 Å². The number of aryl methyl sites for hydroxylation is 1. The molecule has 0 unspecified atom stereocenters. The van der Waals surface area contributed by atoms with Crippen molar-refractivity contribution in [1.29, 1.82) is 0 Å². The zero-order valence-electron chi connectivity index (χ0n) is 10.7. The fourth-order valence-electron chi connectivity index (χ4n) is 1.87. The highest BCUT2D eigenvalue weighted by molar-refractivity contribution is 5.95. The van der Waals surface area contributed by atoms with Crippen molar-refractivity contribution in [2.45, 2.75) is 20.3 Å². The molecule has 0 spiro atoms. The summed E-state index contributed by atoms with van der Waals surface area (Å²) in [5.41, 5.74) is 1.44. The van der Waals surface area contributed by atoms with Gasteiger partial charge in [0.05, 0.1) is 0 Å². The van der Waals surface area contributed by atoms with E-state index in [2.05, 4.69) is 6.58 Å². The molecule has 0 aliphatic carbocycles. The van der Waals surface area contributed by atoms with Crippen LogP contribution in [0.4, 0.5) is 0 Å². The normalized spacial score (nSPS) is 10.3. The number of ether oxygens (including phenoxy) is 1. The summed E-state index contributed by atoms with van der Waals surface area (Å²) in [5.74, 6) is 0.282. The highest BCUT2D eigenvalue weighted by Gasteiger charge is 2.12. The molecule has 92 valence electrons. The van der Waals surface area contributed by atoms with E-state index < -0.39 is 0 Å². The predicted molar refractivity (Wildman–Crippen MR) is 73.8 cm³/mol. The van der Waals surface area contributed by atoms with Crippen molar-refractivity contribution in [1.82, 2.24) is 0 Å².